The van der Waals surface area contributed by atoms with Crippen LogP contribution in [0, 0.1) is 11.3 Å². The number of anilines is 1. The summed E-state index contributed by atoms with van der Waals surface area (Å²) in [6.45, 7) is 0.889. The number of hydrogen-bond acceptors (Lipinski definition) is 5. The van der Waals surface area contributed by atoms with Crippen LogP contribution >= 0.6 is 0 Å². The van der Waals surface area contributed by atoms with Gasteiger partial charge in [0.1, 0.15) is 5.75 Å². The number of ether oxygens (including phenoxy) is 1. The number of alkyl halides is 3. The highest BCUT2D eigenvalue weighted by atomic mass is 19.4. The molecule has 2 rings (SSSR count). The van der Waals surface area contributed by atoms with Crippen LogP contribution in [0.4, 0.5) is 24.5 Å². The molecule has 1 aromatic heterocycles. The predicted molar refractivity (Wildman–Crippen MR) is 102 cm³/mol. The van der Waals surface area contributed by atoms with Crippen LogP contribution in [0.25, 0.3) is 11.3 Å². The van der Waals surface area contributed by atoms with E-state index in [0.717, 1.165) is 6.07 Å². The summed E-state index contributed by atoms with van der Waals surface area (Å²) in [5, 5.41) is 11.0. The number of H-pyrrole nitrogens is 1. The van der Waals surface area contributed by atoms with Crippen molar-refractivity contribution < 1.29 is 28.2 Å². The lowest BCUT2D eigenvalue weighted by molar-refractivity contribution is -0.539. The Bertz CT molecular complexity index is 893. The second-order valence-electron chi connectivity index (χ2n) is 6.65. The first kappa shape index (κ1) is 22.4. The van der Waals surface area contributed by atoms with Crippen molar-refractivity contribution in [2.75, 3.05) is 39.7 Å². The number of nitriles is 1. The van der Waals surface area contributed by atoms with E-state index in [9.17, 15) is 18.4 Å². The molecule has 0 atom stereocenters. The number of nitrogens with two attached hydrogens (primary N) is 2. The normalized spacial score (nSPS) is 11.4. The van der Waals surface area contributed by atoms with Gasteiger partial charge in [0.15, 0.2) is 17.4 Å². The van der Waals surface area contributed by atoms with E-state index in [0.29, 0.717) is 30.0 Å². The summed E-state index contributed by atoms with van der Waals surface area (Å²) < 4.78 is 46.2. The van der Waals surface area contributed by atoms with Crippen LogP contribution in [-0.4, -0.2) is 39.2 Å². The molecule has 0 radical (unpaired) electrons. The Balaban J connectivity index is 2.44. The molecule has 2 aromatic rings. The SMILES string of the molecule is C[NH2+]c1cc(-c2ccc(OCCCN(C)C)c(C(F)(F)F)c2)[nH+]c(C#N)c1NN. The van der Waals surface area contributed by atoms with Gasteiger partial charge in [0, 0.05) is 12.1 Å². The summed E-state index contributed by atoms with van der Waals surface area (Å²) in [6.07, 6.45) is -3.97. The summed E-state index contributed by atoms with van der Waals surface area (Å²) in [5.41, 5.74) is 3.29. The molecule has 0 saturated heterocycles. The minimum atomic E-state index is -4.58. The Morgan fingerprint density at radius 1 is 1.31 bits per heavy atom. The predicted octanol–water partition coefficient (Wildman–Crippen LogP) is 1.50. The van der Waals surface area contributed by atoms with Crippen molar-refractivity contribution in [3.8, 4) is 23.1 Å². The van der Waals surface area contributed by atoms with Gasteiger partial charge in [-0.1, -0.05) is 0 Å². The van der Waals surface area contributed by atoms with Crippen molar-refractivity contribution in [2.45, 2.75) is 12.6 Å². The van der Waals surface area contributed by atoms with Crippen LogP contribution in [0.5, 0.6) is 5.75 Å². The highest BCUT2D eigenvalue weighted by molar-refractivity contribution is 5.71. The smallest absolute Gasteiger partial charge is 0.419 e. The number of aromatic amines is 1. The van der Waals surface area contributed by atoms with Crippen molar-refractivity contribution in [2.24, 2.45) is 5.84 Å². The zero-order valence-corrected chi connectivity index (χ0v) is 16.5. The van der Waals surface area contributed by atoms with Crippen molar-refractivity contribution in [3.63, 3.8) is 0 Å². The largest absolute Gasteiger partial charge is 0.493 e. The fraction of sp³-hybridized carbons (Fsp3) is 0.368. The number of nitrogens with zero attached hydrogens (tertiary/aromatic N) is 2. The number of aromatic nitrogens is 1. The molecule has 29 heavy (non-hydrogen) atoms. The van der Waals surface area contributed by atoms with Gasteiger partial charge in [-0.05, 0) is 38.7 Å². The highest BCUT2D eigenvalue weighted by Crippen LogP contribution is 2.38. The van der Waals surface area contributed by atoms with E-state index in [2.05, 4.69) is 10.4 Å². The minimum Gasteiger partial charge on any atom is -0.493 e. The molecule has 0 amide bonds. The van der Waals surface area contributed by atoms with Gasteiger partial charge < -0.3 is 20.4 Å². The van der Waals surface area contributed by atoms with Crippen LogP contribution in [0.15, 0.2) is 24.3 Å². The van der Waals surface area contributed by atoms with E-state index in [1.165, 1.54) is 12.1 Å². The lowest BCUT2D eigenvalue weighted by Crippen LogP contribution is -2.73. The van der Waals surface area contributed by atoms with Crippen LogP contribution < -0.4 is 26.3 Å². The molecular weight excluding hydrogens is 385 g/mol. The Labute approximate surface area is 167 Å². The van der Waals surface area contributed by atoms with Crippen LogP contribution in [0.3, 0.4) is 0 Å². The molecule has 0 aliphatic carbocycles. The van der Waals surface area contributed by atoms with Crippen LogP contribution in [-0.2, 0) is 6.18 Å². The van der Waals surface area contributed by atoms with Gasteiger partial charge in [-0.2, -0.15) is 23.4 Å². The third-order valence-corrected chi connectivity index (χ3v) is 4.27. The topological polar surface area (TPSA) is 105 Å². The van der Waals surface area contributed by atoms with Gasteiger partial charge in [-0.3, -0.25) is 5.84 Å². The Morgan fingerprint density at radius 2 is 2.03 bits per heavy atom. The van der Waals surface area contributed by atoms with Gasteiger partial charge in [-0.15, -0.1) is 0 Å². The molecule has 0 fully saturated rings. The summed E-state index contributed by atoms with van der Waals surface area (Å²) in [4.78, 5) is 4.76. The van der Waals surface area contributed by atoms with Gasteiger partial charge in [0.05, 0.1) is 25.3 Å². The second kappa shape index (κ2) is 9.56. The Kier molecular flexibility index (Phi) is 7.39. The first-order valence-electron chi connectivity index (χ1n) is 8.96. The fourth-order valence-electron chi connectivity index (χ4n) is 2.84. The van der Waals surface area contributed by atoms with Gasteiger partial charge in [0.2, 0.25) is 5.69 Å². The molecule has 7 nitrogen and oxygen atoms in total. The van der Waals surface area contributed by atoms with Crippen molar-refractivity contribution >= 4 is 11.4 Å². The molecule has 0 aliphatic heterocycles. The van der Waals surface area contributed by atoms with Gasteiger partial charge >= 0.3 is 11.9 Å². The van der Waals surface area contributed by atoms with Crippen molar-refractivity contribution in [3.05, 3.63) is 35.5 Å². The zero-order valence-electron chi connectivity index (χ0n) is 16.5. The number of rotatable bonds is 8. The molecular formula is C19H25F3N6O+2. The molecule has 1 aromatic carbocycles. The monoisotopic (exact) mass is 410 g/mol. The molecule has 1 heterocycles. The first-order valence-corrected chi connectivity index (χ1v) is 8.96. The maximum absolute atomic E-state index is 13.6. The maximum atomic E-state index is 13.6. The lowest BCUT2D eigenvalue weighted by Gasteiger charge is -2.16. The van der Waals surface area contributed by atoms with Crippen LogP contribution in [0.1, 0.15) is 17.7 Å². The maximum Gasteiger partial charge on any atom is 0.419 e. The van der Waals surface area contributed by atoms with Gasteiger partial charge in [-0.25, -0.2) is 0 Å². The third-order valence-electron chi connectivity index (χ3n) is 4.27. The number of quaternary nitrogens is 1. The average Bonchev–Trinajstić information content (AvgIpc) is 2.69. The lowest BCUT2D eigenvalue weighted by atomic mass is 10.0. The first-order chi connectivity index (χ1) is 13.7. The van der Waals surface area contributed by atoms with E-state index in [1.54, 1.807) is 18.4 Å². The standard InChI is InChI=1S/C19H23F3N6O/c1-25-15-10-14(26-16(11-23)18(15)27-24)12-5-6-17(13(9-12)19(20,21)22)29-8-4-7-28(2)3/h5-6,9-10,27H,4,7-8,24H2,1-3H3,(H,25,26)/p+2. The summed E-state index contributed by atoms with van der Waals surface area (Å²) >= 11 is 0. The van der Waals surface area contributed by atoms with E-state index in [4.69, 9.17) is 10.6 Å². The zero-order chi connectivity index (χ0) is 21.6. The Morgan fingerprint density at radius 3 is 2.59 bits per heavy atom. The Hall–Kier alpha value is -2.87. The molecule has 0 aliphatic rings. The number of benzene rings is 1. The molecule has 156 valence electrons. The second-order valence-corrected chi connectivity index (χ2v) is 6.65. The van der Waals surface area contributed by atoms with Crippen molar-refractivity contribution in [1.82, 2.24) is 4.90 Å². The minimum absolute atomic E-state index is 0.121. The fourth-order valence-corrected chi connectivity index (χ4v) is 2.84. The molecule has 0 bridgehead atoms. The quantitative estimate of drug-likeness (QED) is 0.348. The van der Waals surface area contributed by atoms with E-state index >= 15 is 0 Å². The number of nitrogen functional groups attached to an aromatic ring is 1. The summed E-state index contributed by atoms with van der Waals surface area (Å²) in [7, 11) is 5.51. The number of hydrogen-bond donors (Lipinski definition) is 3. The number of pyridine rings is 1. The molecule has 0 saturated carbocycles. The summed E-state index contributed by atoms with van der Waals surface area (Å²) in [5.74, 6) is 5.24. The summed E-state index contributed by atoms with van der Waals surface area (Å²) in [6, 6.07) is 7.44. The van der Waals surface area contributed by atoms with E-state index in [1.807, 2.05) is 25.1 Å². The number of halogens is 3. The van der Waals surface area contributed by atoms with Crippen LogP contribution in [0.2, 0.25) is 0 Å². The number of nitrogens with one attached hydrogen (secondary N) is 2. The highest BCUT2D eigenvalue weighted by Gasteiger charge is 2.35. The van der Waals surface area contributed by atoms with Gasteiger partial charge in [0.25, 0.3) is 0 Å². The molecule has 10 heteroatoms. The average molecular weight is 410 g/mol. The third kappa shape index (κ3) is 5.57. The molecule has 0 spiro atoms. The van der Waals surface area contributed by atoms with Crippen molar-refractivity contribution in [1.29, 1.82) is 5.26 Å². The molecule has 6 N–H and O–H groups in total. The van der Waals surface area contributed by atoms with E-state index < -0.39 is 11.7 Å². The number of hydrazine groups is 1. The molecule has 0 unspecified atom stereocenters. The van der Waals surface area contributed by atoms with E-state index in [-0.39, 0.29) is 23.6 Å².